The fraction of sp³-hybridized carbons (Fsp3) is 0.263. The van der Waals surface area contributed by atoms with Gasteiger partial charge in [0.25, 0.3) is 5.91 Å². The van der Waals surface area contributed by atoms with Gasteiger partial charge in [-0.15, -0.1) is 0 Å². The molecule has 0 aliphatic rings. The average molecular weight is 310 g/mol. The van der Waals surface area contributed by atoms with E-state index in [0.717, 1.165) is 16.9 Å². The zero-order valence-corrected chi connectivity index (χ0v) is 14.0. The molecule has 0 fully saturated rings. The zero-order valence-electron chi connectivity index (χ0n) is 14.0. The van der Waals surface area contributed by atoms with Gasteiger partial charge in [0, 0.05) is 5.56 Å². The molecule has 120 valence electrons. The van der Waals surface area contributed by atoms with Crippen molar-refractivity contribution in [3.63, 3.8) is 0 Å². The molecule has 23 heavy (non-hydrogen) atoms. The molecule has 0 bridgehead atoms. The Hall–Kier alpha value is -2.62. The molecule has 1 N–H and O–H groups in total. The SMILES string of the molecule is Cc1ccc(/C=N\NC(=O)c2ccc(OC(C)C)cc2)c(C)c1. The van der Waals surface area contributed by atoms with Crippen LogP contribution in [0.5, 0.6) is 5.75 Å². The monoisotopic (exact) mass is 310 g/mol. The van der Waals surface area contributed by atoms with E-state index in [1.54, 1.807) is 30.5 Å². The Kier molecular flexibility index (Phi) is 5.52. The predicted molar refractivity (Wildman–Crippen MR) is 93.2 cm³/mol. The second kappa shape index (κ2) is 7.58. The van der Waals surface area contributed by atoms with Crippen LogP contribution in [0.2, 0.25) is 0 Å². The molecule has 4 nitrogen and oxygen atoms in total. The maximum Gasteiger partial charge on any atom is 0.271 e. The summed E-state index contributed by atoms with van der Waals surface area (Å²) in [5.41, 5.74) is 6.39. The normalized spacial score (nSPS) is 11.0. The molecule has 2 rings (SSSR count). The quantitative estimate of drug-likeness (QED) is 0.673. The number of hydrogen-bond acceptors (Lipinski definition) is 3. The molecule has 0 heterocycles. The third kappa shape index (κ3) is 4.95. The minimum Gasteiger partial charge on any atom is -0.491 e. The van der Waals surface area contributed by atoms with E-state index in [2.05, 4.69) is 16.6 Å². The second-order valence-electron chi connectivity index (χ2n) is 5.75. The minimum absolute atomic E-state index is 0.108. The molecule has 0 aliphatic heterocycles. The van der Waals surface area contributed by atoms with Gasteiger partial charge in [-0.1, -0.05) is 23.8 Å². The van der Waals surface area contributed by atoms with Gasteiger partial charge in [-0.05, 0) is 63.1 Å². The van der Waals surface area contributed by atoms with Crippen molar-refractivity contribution in [1.82, 2.24) is 5.43 Å². The first-order valence-corrected chi connectivity index (χ1v) is 7.63. The second-order valence-corrected chi connectivity index (χ2v) is 5.75. The van der Waals surface area contributed by atoms with Crippen LogP contribution in [-0.4, -0.2) is 18.2 Å². The fourth-order valence-corrected chi connectivity index (χ4v) is 2.15. The number of carbonyl (C=O) groups excluding carboxylic acids is 1. The average Bonchev–Trinajstić information content (AvgIpc) is 2.49. The van der Waals surface area contributed by atoms with Crippen molar-refractivity contribution in [2.45, 2.75) is 33.8 Å². The Balaban J connectivity index is 1.97. The number of rotatable bonds is 5. The lowest BCUT2D eigenvalue weighted by molar-refractivity contribution is 0.0955. The first-order chi connectivity index (χ1) is 11.0. The number of ether oxygens (including phenoxy) is 1. The summed E-state index contributed by atoms with van der Waals surface area (Å²) in [4.78, 5) is 12.0. The van der Waals surface area contributed by atoms with Crippen LogP contribution >= 0.6 is 0 Å². The van der Waals surface area contributed by atoms with Crippen molar-refractivity contribution in [2.75, 3.05) is 0 Å². The Morgan fingerprint density at radius 3 is 2.43 bits per heavy atom. The summed E-state index contributed by atoms with van der Waals surface area (Å²) in [6.07, 6.45) is 1.76. The van der Waals surface area contributed by atoms with Crippen molar-refractivity contribution >= 4 is 12.1 Å². The highest BCUT2D eigenvalue weighted by atomic mass is 16.5. The smallest absolute Gasteiger partial charge is 0.271 e. The number of amides is 1. The van der Waals surface area contributed by atoms with Gasteiger partial charge in [0.15, 0.2) is 0 Å². The molecule has 4 heteroatoms. The third-order valence-corrected chi connectivity index (χ3v) is 3.28. The highest BCUT2D eigenvalue weighted by Gasteiger charge is 2.05. The fourth-order valence-electron chi connectivity index (χ4n) is 2.15. The lowest BCUT2D eigenvalue weighted by Gasteiger charge is -2.09. The van der Waals surface area contributed by atoms with Gasteiger partial charge in [0.05, 0.1) is 12.3 Å². The zero-order chi connectivity index (χ0) is 16.8. The van der Waals surface area contributed by atoms with E-state index in [9.17, 15) is 4.79 Å². The Morgan fingerprint density at radius 2 is 1.83 bits per heavy atom. The van der Waals surface area contributed by atoms with Crippen LogP contribution in [0.25, 0.3) is 0 Å². The van der Waals surface area contributed by atoms with Gasteiger partial charge in [-0.3, -0.25) is 4.79 Å². The highest BCUT2D eigenvalue weighted by Crippen LogP contribution is 2.13. The molecule has 1 amide bonds. The summed E-state index contributed by atoms with van der Waals surface area (Å²) in [6, 6.07) is 13.1. The molecule has 2 aromatic carbocycles. The molecule has 0 unspecified atom stereocenters. The predicted octanol–water partition coefficient (Wildman–Crippen LogP) is 3.85. The molecule has 0 atom stereocenters. The van der Waals surface area contributed by atoms with E-state index in [4.69, 9.17) is 4.74 Å². The molecule has 0 spiro atoms. The number of carbonyl (C=O) groups is 1. The first kappa shape index (κ1) is 16.7. The van der Waals surface area contributed by atoms with Crippen LogP contribution < -0.4 is 10.2 Å². The number of hydrazone groups is 1. The van der Waals surface area contributed by atoms with Gasteiger partial charge in [0.2, 0.25) is 0 Å². The first-order valence-electron chi connectivity index (χ1n) is 7.63. The van der Waals surface area contributed by atoms with Crippen LogP contribution in [0.1, 0.15) is 40.9 Å². The summed E-state index contributed by atoms with van der Waals surface area (Å²) in [5, 5.41) is 4.02. The van der Waals surface area contributed by atoms with Crippen molar-refractivity contribution in [3.8, 4) is 5.75 Å². The molecule has 0 saturated heterocycles. The number of hydrogen-bond donors (Lipinski definition) is 1. The number of nitrogens with zero attached hydrogens (tertiary/aromatic N) is 1. The Morgan fingerprint density at radius 1 is 1.13 bits per heavy atom. The van der Waals surface area contributed by atoms with E-state index in [-0.39, 0.29) is 12.0 Å². The van der Waals surface area contributed by atoms with E-state index in [1.165, 1.54) is 5.56 Å². The lowest BCUT2D eigenvalue weighted by atomic mass is 10.1. The number of benzene rings is 2. The molecule has 0 saturated carbocycles. The van der Waals surface area contributed by atoms with Gasteiger partial charge < -0.3 is 4.74 Å². The number of nitrogens with one attached hydrogen (secondary N) is 1. The van der Waals surface area contributed by atoms with Gasteiger partial charge in [-0.25, -0.2) is 5.43 Å². The largest absolute Gasteiger partial charge is 0.491 e. The number of aryl methyl sites for hydroxylation is 2. The van der Waals surface area contributed by atoms with Crippen LogP contribution in [0.15, 0.2) is 47.6 Å². The van der Waals surface area contributed by atoms with Crippen LogP contribution in [-0.2, 0) is 0 Å². The minimum atomic E-state index is -0.248. The highest BCUT2D eigenvalue weighted by molar-refractivity contribution is 5.95. The maximum atomic E-state index is 12.0. The van der Waals surface area contributed by atoms with Crippen molar-refractivity contribution in [3.05, 3.63) is 64.7 Å². The third-order valence-electron chi connectivity index (χ3n) is 3.28. The van der Waals surface area contributed by atoms with Crippen LogP contribution in [0.3, 0.4) is 0 Å². The molecular formula is C19H22N2O2. The van der Waals surface area contributed by atoms with Gasteiger partial charge >= 0.3 is 0 Å². The van der Waals surface area contributed by atoms with Crippen LogP contribution in [0, 0.1) is 13.8 Å². The summed E-state index contributed by atoms with van der Waals surface area (Å²) >= 11 is 0. The van der Waals surface area contributed by atoms with Gasteiger partial charge in [0.1, 0.15) is 5.75 Å². The molecule has 2 aromatic rings. The molecule has 0 radical (unpaired) electrons. The summed E-state index contributed by atoms with van der Waals surface area (Å²) in [6.45, 7) is 7.98. The summed E-state index contributed by atoms with van der Waals surface area (Å²) in [7, 11) is 0. The van der Waals surface area contributed by atoms with Crippen molar-refractivity contribution in [2.24, 2.45) is 5.10 Å². The Labute approximate surface area is 137 Å². The lowest BCUT2D eigenvalue weighted by Crippen LogP contribution is -2.17. The van der Waals surface area contributed by atoms with E-state index < -0.39 is 0 Å². The van der Waals surface area contributed by atoms with Crippen molar-refractivity contribution in [1.29, 1.82) is 0 Å². The molecule has 0 aromatic heterocycles. The summed E-state index contributed by atoms with van der Waals surface area (Å²) < 4.78 is 5.55. The van der Waals surface area contributed by atoms with Crippen LogP contribution in [0.4, 0.5) is 0 Å². The molecule has 0 aliphatic carbocycles. The topological polar surface area (TPSA) is 50.7 Å². The Bertz CT molecular complexity index is 704. The van der Waals surface area contributed by atoms with Crippen molar-refractivity contribution < 1.29 is 9.53 Å². The van der Waals surface area contributed by atoms with Gasteiger partial charge in [-0.2, -0.15) is 5.10 Å². The van der Waals surface area contributed by atoms with E-state index in [1.807, 2.05) is 39.8 Å². The summed E-state index contributed by atoms with van der Waals surface area (Å²) in [5.74, 6) is 0.498. The van der Waals surface area contributed by atoms with E-state index in [0.29, 0.717) is 5.56 Å². The standard InChI is InChI=1S/C19H22N2O2/c1-13(2)23-18-9-7-16(8-10-18)19(22)21-20-12-17-6-5-14(3)11-15(17)4/h5-13H,1-4H3,(H,21,22)/b20-12-. The maximum absolute atomic E-state index is 12.0. The molecular weight excluding hydrogens is 288 g/mol. The van der Waals surface area contributed by atoms with E-state index >= 15 is 0 Å².